The maximum atomic E-state index is 11.4. The van der Waals surface area contributed by atoms with Crippen LogP contribution in [-0.2, 0) is 9.53 Å². The Morgan fingerprint density at radius 3 is 2.60 bits per heavy atom. The van der Waals surface area contributed by atoms with E-state index in [0.717, 1.165) is 0 Å². The van der Waals surface area contributed by atoms with Crippen LogP contribution in [0.25, 0.3) is 0 Å². The summed E-state index contributed by atoms with van der Waals surface area (Å²) in [6.45, 7) is 5.27. The Kier molecular flexibility index (Phi) is 3.24. The lowest BCUT2D eigenvalue weighted by atomic mass is 10.2. The Hall–Kier alpha value is -1.65. The normalized spacial score (nSPS) is 11.1. The van der Waals surface area contributed by atoms with Gasteiger partial charge < -0.3 is 4.74 Å². The zero-order valence-corrected chi connectivity index (χ0v) is 9.03. The van der Waals surface area contributed by atoms with Gasteiger partial charge in [-0.25, -0.2) is 0 Å². The zero-order valence-electron chi connectivity index (χ0n) is 9.03. The molecule has 5 heteroatoms. The molecule has 0 aliphatic carbocycles. The van der Waals surface area contributed by atoms with Crippen molar-refractivity contribution in [1.29, 1.82) is 0 Å². The molecule has 0 saturated heterocycles. The molecule has 0 aliphatic rings. The summed E-state index contributed by atoms with van der Waals surface area (Å²) in [5, 5.41) is 6.12. The predicted octanol–water partition coefficient (Wildman–Crippen LogP) is 1.32. The maximum Gasteiger partial charge on any atom is 0.314 e. The number of ketones is 1. The van der Waals surface area contributed by atoms with E-state index in [1.54, 1.807) is 20.8 Å². The summed E-state index contributed by atoms with van der Waals surface area (Å²) < 4.78 is 5.01. The van der Waals surface area contributed by atoms with Gasteiger partial charge in [0.15, 0.2) is 5.78 Å². The third kappa shape index (κ3) is 3.93. The summed E-state index contributed by atoms with van der Waals surface area (Å²) in [4.78, 5) is 22.7. The molecular weight excluding hydrogens is 196 g/mol. The molecule has 0 unspecified atom stereocenters. The molecule has 1 rings (SSSR count). The molecule has 0 atom stereocenters. The molecule has 1 aromatic rings. The van der Waals surface area contributed by atoms with Crippen molar-refractivity contribution in [1.82, 2.24) is 10.2 Å². The van der Waals surface area contributed by atoms with Crippen molar-refractivity contribution in [2.75, 3.05) is 0 Å². The molecular formula is C10H14N2O3. The van der Waals surface area contributed by atoms with Crippen LogP contribution in [0.5, 0.6) is 0 Å². The third-order valence-corrected chi connectivity index (χ3v) is 1.53. The molecule has 0 radical (unpaired) electrons. The number of H-pyrrole nitrogens is 1. The Bertz CT molecular complexity index is 349. The van der Waals surface area contributed by atoms with Gasteiger partial charge in [0.2, 0.25) is 0 Å². The highest BCUT2D eigenvalue weighted by Gasteiger charge is 2.20. The highest BCUT2D eigenvalue weighted by molar-refractivity contribution is 6.04. The maximum absolute atomic E-state index is 11.4. The minimum absolute atomic E-state index is 0.264. The molecule has 1 aromatic heterocycles. The van der Waals surface area contributed by atoms with Gasteiger partial charge in [-0.15, -0.1) is 0 Å². The molecule has 0 aliphatic heterocycles. The molecule has 15 heavy (non-hydrogen) atoms. The van der Waals surface area contributed by atoms with Gasteiger partial charge in [-0.05, 0) is 26.8 Å². The number of rotatable bonds is 3. The summed E-state index contributed by atoms with van der Waals surface area (Å²) >= 11 is 0. The van der Waals surface area contributed by atoms with E-state index in [4.69, 9.17) is 4.74 Å². The van der Waals surface area contributed by atoms with Crippen molar-refractivity contribution in [3.8, 4) is 0 Å². The number of aromatic amines is 1. The first-order chi connectivity index (χ1) is 6.88. The fourth-order valence-corrected chi connectivity index (χ4v) is 1.02. The number of Topliss-reactive ketones (excluding diaryl/α,β-unsaturated/α-hetero) is 1. The van der Waals surface area contributed by atoms with Crippen LogP contribution < -0.4 is 0 Å². The van der Waals surface area contributed by atoms with Gasteiger partial charge in [-0.3, -0.25) is 14.7 Å². The highest BCUT2D eigenvalue weighted by Crippen LogP contribution is 2.09. The van der Waals surface area contributed by atoms with Gasteiger partial charge in [-0.2, -0.15) is 5.10 Å². The minimum atomic E-state index is -0.564. The third-order valence-electron chi connectivity index (χ3n) is 1.53. The lowest BCUT2D eigenvalue weighted by molar-refractivity contribution is -0.153. The van der Waals surface area contributed by atoms with Crippen LogP contribution in [0.4, 0.5) is 0 Å². The lowest BCUT2D eigenvalue weighted by Crippen LogP contribution is -2.25. The van der Waals surface area contributed by atoms with E-state index in [-0.39, 0.29) is 12.2 Å². The molecule has 82 valence electrons. The van der Waals surface area contributed by atoms with Crippen LogP contribution in [0.2, 0.25) is 0 Å². The summed E-state index contributed by atoms with van der Waals surface area (Å²) in [6.07, 6.45) is 1.20. The fourth-order valence-electron chi connectivity index (χ4n) is 1.02. The van der Waals surface area contributed by atoms with Gasteiger partial charge >= 0.3 is 5.97 Å². The number of esters is 1. The molecule has 0 aromatic carbocycles. The summed E-state index contributed by atoms with van der Waals surface area (Å²) in [7, 11) is 0. The van der Waals surface area contributed by atoms with E-state index in [2.05, 4.69) is 10.2 Å². The van der Waals surface area contributed by atoms with Crippen molar-refractivity contribution in [3.05, 3.63) is 18.0 Å². The number of nitrogens with one attached hydrogen (secondary N) is 1. The van der Waals surface area contributed by atoms with E-state index >= 15 is 0 Å². The zero-order chi connectivity index (χ0) is 11.5. The number of ether oxygens (including phenoxy) is 1. The first-order valence-corrected chi connectivity index (χ1v) is 4.63. The van der Waals surface area contributed by atoms with Crippen LogP contribution in [-0.4, -0.2) is 27.6 Å². The van der Waals surface area contributed by atoms with Crippen LogP contribution in [0.15, 0.2) is 12.3 Å². The first-order valence-electron chi connectivity index (χ1n) is 4.63. The van der Waals surface area contributed by atoms with E-state index in [1.165, 1.54) is 12.3 Å². The Morgan fingerprint density at radius 1 is 1.47 bits per heavy atom. The smallest absolute Gasteiger partial charge is 0.314 e. The molecule has 0 amide bonds. The Labute approximate surface area is 87.8 Å². The lowest BCUT2D eigenvalue weighted by Gasteiger charge is -2.18. The van der Waals surface area contributed by atoms with E-state index in [9.17, 15) is 9.59 Å². The Balaban J connectivity index is 2.50. The predicted molar refractivity (Wildman–Crippen MR) is 53.4 cm³/mol. The largest absolute Gasteiger partial charge is 0.460 e. The van der Waals surface area contributed by atoms with E-state index in [1.807, 2.05) is 0 Å². The second-order valence-electron chi connectivity index (χ2n) is 4.16. The SMILES string of the molecule is CC(C)(C)OC(=O)CC(=O)c1ccn[nH]1. The molecule has 1 heterocycles. The second kappa shape index (κ2) is 4.25. The van der Waals surface area contributed by atoms with Crippen molar-refractivity contribution < 1.29 is 14.3 Å². The average molecular weight is 210 g/mol. The topological polar surface area (TPSA) is 72.1 Å². The van der Waals surface area contributed by atoms with E-state index in [0.29, 0.717) is 5.69 Å². The quantitative estimate of drug-likeness (QED) is 0.464. The molecule has 5 nitrogen and oxygen atoms in total. The number of aromatic nitrogens is 2. The van der Waals surface area contributed by atoms with E-state index < -0.39 is 11.6 Å². The molecule has 0 bridgehead atoms. The van der Waals surface area contributed by atoms with Crippen molar-refractivity contribution in [2.24, 2.45) is 0 Å². The first kappa shape index (κ1) is 11.4. The highest BCUT2D eigenvalue weighted by atomic mass is 16.6. The van der Waals surface area contributed by atoms with Crippen LogP contribution >= 0.6 is 0 Å². The van der Waals surface area contributed by atoms with Gasteiger partial charge in [0.25, 0.3) is 0 Å². The minimum Gasteiger partial charge on any atom is -0.460 e. The van der Waals surface area contributed by atoms with Crippen LogP contribution in [0.1, 0.15) is 37.7 Å². The van der Waals surface area contributed by atoms with Gasteiger partial charge in [0.05, 0.1) is 0 Å². The molecule has 0 fully saturated rings. The van der Waals surface area contributed by atoms with Gasteiger partial charge in [0.1, 0.15) is 17.7 Å². The number of hydrogen-bond acceptors (Lipinski definition) is 4. The van der Waals surface area contributed by atoms with Gasteiger partial charge in [0, 0.05) is 6.20 Å². The van der Waals surface area contributed by atoms with Crippen molar-refractivity contribution >= 4 is 11.8 Å². The number of carbonyl (C=O) groups excluding carboxylic acids is 2. The fraction of sp³-hybridized carbons (Fsp3) is 0.500. The summed E-state index contributed by atoms with van der Waals surface area (Å²) in [5.74, 6) is -0.844. The Morgan fingerprint density at radius 2 is 2.13 bits per heavy atom. The second-order valence-corrected chi connectivity index (χ2v) is 4.16. The van der Waals surface area contributed by atoms with Crippen LogP contribution in [0, 0.1) is 0 Å². The monoisotopic (exact) mass is 210 g/mol. The molecule has 1 N–H and O–H groups in total. The summed E-state index contributed by atoms with van der Waals surface area (Å²) in [6, 6.07) is 1.52. The van der Waals surface area contributed by atoms with Gasteiger partial charge in [-0.1, -0.05) is 0 Å². The number of hydrogen-bond donors (Lipinski definition) is 1. The average Bonchev–Trinajstić information content (AvgIpc) is 2.50. The van der Waals surface area contributed by atoms with Crippen molar-refractivity contribution in [2.45, 2.75) is 32.8 Å². The van der Waals surface area contributed by atoms with Crippen molar-refractivity contribution in [3.63, 3.8) is 0 Å². The number of carbonyl (C=O) groups is 2. The summed E-state index contributed by atoms with van der Waals surface area (Å²) in [5.41, 5.74) is -0.244. The molecule has 0 saturated carbocycles. The number of nitrogens with zero attached hydrogens (tertiary/aromatic N) is 1. The molecule has 0 spiro atoms. The standard InChI is InChI=1S/C10H14N2O3/c1-10(2,3)15-9(14)6-8(13)7-4-5-11-12-7/h4-5H,6H2,1-3H3,(H,11,12). The van der Waals surface area contributed by atoms with Crippen LogP contribution in [0.3, 0.4) is 0 Å².